The van der Waals surface area contributed by atoms with Crippen molar-refractivity contribution in [3.63, 3.8) is 0 Å². The van der Waals surface area contributed by atoms with E-state index in [1.165, 1.54) is 0 Å². The molecule has 0 aromatic carbocycles. The Morgan fingerprint density at radius 1 is 1.18 bits per heavy atom. The van der Waals surface area contributed by atoms with Gasteiger partial charge in [-0.25, -0.2) is 4.79 Å². The molecule has 0 spiro atoms. The molecule has 0 aromatic rings. The Balaban J connectivity index is 1.80. The van der Waals surface area contributed by atoms with Gasteiger partial charge in [0.1, 0.15) is 0 Å². The normalized spacial score (nSPS) is 26.6. The predicted octanol–water partition coefficient (Wildman–Crippen LogP) is 1.54. The van der Waals surface area contributed by atoms with Gasteiger partial charge in [-0.2, -0.15) is 0 Å². The number of aliphatic hydroxyl groups is 1. The Morgan fingerprint density at radius 2 is 1.82 bits per heavy atom. The second kappa shape index (κ2) is 5.71. The van der Waals surface area contributed by atoms with Crippen molar-refractivity contribution < 1.29 is 9.90 Å². The highest BCUT2D eigenvalue weighted by Crippen LogP contribution is 2.23. The van der Waals surface area contributed by atoms with Crippen LogP contribution in [0, 0.1) is 11.8 Å². The third-order valence-electron chi connectivity index (χ3n) is 4.15. The zero-order valence-electron chi connectivity index (χ0n) is 10.8. The van der Waals surface area contributed by atoms with Crippen LogP contribution < -0.4 is 0 Å². The van der Waals surface area contributed by atoms with Crippen molar-refractivity contribution in [3.8, 4) is 0 Å². The van der Waals surface area contributed by atoms with Gasteiger partial charge in [0.25, 0.3) is 0 Å². The number of hydrogen-bond acceptors (Lipinski definition) is 2. The van der Waals surface area contributed by atoms with Crippen molar-refractivity contribution in [2.45, 2.75) is 32.6 Å². The Labute approximate surface area is 104 Å². The standard InChI is InChI=1S/C13H24N2O2/c1-11-2-6-14(7-3-11)13(17)15-8-4-12(10-15)5-9-16/h11-12,16H,2-10H2,1H3. The third kappa shape index (κ3) is 3.12. The molecule has 0 aromatic heterocycles. The van der Waals surface area contributed by atoms with Gasteiger partial charge in [-0.05, 0) is 37.5 Å². The van der Waals surface area contributed by atoms with E-state index in [9.17, 15) is 4.79 Å². The lowest BCUT2D eigenvalue weighted by Crippen LogP contribution is -2.45. The van der Waals surface area contributed by atoms with Crippen LogP contribution in [0.15, 0.2) is 0 Å². The molecule has 0 saturated carbocycles. The van der Waals surface area contributed by atoms with Gasteiger partial charge in [-0.1, -0.05) is 6.92 Å². The summed E-state index contributed by atoms with van der Waals surface area (Å²) in [6.45, 7) is 6.05. The Hall–Kier alpha value is -0.770. The zero-order chi connectivity index (χ0) is 12.3. The molecule has 2 heterocycles. The van der Waals surface area contributed by atoms with Gasteiger partial charge >= 0.3 is 6.03 Å². The number of piperidine rings is 1. The number of hydrogen-bond donors (Lipinski definition) is 1. The molecule has 1 N–H and O–H groups in total. The van der Waals surface area contributed by atoms with Crippen molar-refractivity contribution in [3.05, 3.63) is 0 Å². The van der Waals surface area contributed by atoms with Crippen LogP contribution in [0.25, 0.3) is 0 Å². The molecular formula is C13H24N2O2. The minimum atomic E-state index is 0.220. The molecule has 17 heavy (non-hydrogen) atoms. The van der Waals surface area contributed by atoms with Crippen LogP contribution in [0.1, 0.15) is 32.6 Å². The van der Waals surface area contributed by atoms with E-state index < -0.39 is 0 Å². The van der Waals surface area contributed by atoms with Crippen LogP contribution in [0.5, 0.6) is 0 Å². The van der Waals surface area contributed by atoms with Gasteiger partial charge in [-0.3, -0.25) is 0 Å². The van der Waals surface area contributed by atoms with E-state index in [1.54, 1.807) is 0 Å². The van der Waals surface area contributed by atoms with Crippen molar-refractivity contribution >= 4 is 6.03 Å². The molecule has 4 heteroatoms. The van der Waals surface area contributed by atoms with Crippen molar-refractivity contribution in [1.29, 1.82) is 0 Å². The Kier molecular flexibility index (Phi) is 4.26. The lowest BCUT2D eigenvalue weighted by atomic mass is 10.00. The molecule has 4 nitrogen and oxygen atoms in total. The summed E-state index contributed by atoms with van der Waals surface area (Å²) in [5, 5.41) is 8.92. The molecule has 2 rings (SSSR count). The zero-order valence-corrected chi connectivity index (χ0v) is 10.8. The van der Waals surface area contributed by atoms with Gasteiger partial charge in [0, 0.05) is 32.8 Å². The molecule has 2 aliphatic rings. The molecule has 0 radical (unpaired) electrons. The fraction of sp³-hybridized carbons (Fsp3) is 0.923. The number of likely N-dealkylation sites (tertiary alicyclic amines) is 2. The van der Waals surface area contributed by atoms with Crippen LogP contribution in [0.3, 0.4) is 0 Å². The van der Waals surface area contributed by atoms with Crippen LogP contribution in [-0.2, 0) is 0 Å². The number of aliphatic hydroxyl groups excluding tert-OH is 1. The second-order valence-corrected chi connectivity index (χ2v) is 5.57. The molecule has 2 amide bonds. The first kappa shape index (κ1) is 12.7. The average molecular weight is 240 g/mol. The summed E-state index contributed by atoms with van der Waals surface area (Å²) >= 11 is 0. The lowest BCUT2D eigenvalue weighted by molar-refractivity contribution is 0.140. The fourth-order valence-electron chi connectivity index (χ4n) is 2.82. The van der Waals surface area contributed by atoms with Gasteiger partial charge in [-0.15, -0.1) is 0 Å². The first-order chi connectivity index (χ1) is 8.20. The second-order valence-electron chi connectivity index (χ2n) is 5.57. The van der Waals surface area contributed by atoms with E-state index >= 15 is 0 Å². The van der Waals surface area contributed by atoms with Crippen molar-refractivity contribution in [2.24, 2.45) is 11.8 Å². The summed E-state index contributed by atoms with van der Waals surface area (Å²) in [6, 6.07) is 0.220. The van der Waals surface area contributed by atoms with E-state index in [4.69, 9.17) is 5.11 Å². The number of rotatable bonds is 2. The monoisotopic (exact) mass is 240 g/mol. The SMILES string of the molecule is CC1CCN(C(=O)N2CCC(CCO)C2)CC1. The van der Waals surface area contributed by atoms with Gasteiger partial charge < -0.3 is 14.9 Å². The van der Waals surface area contributed by atoms with Crippen LogP contribution in [-0.4, -0.2) is 53.7 Å². The summed E-state index contributed by atoms with van der Waals surface area (Å²) in [4.78, 5) is 16.2. The highest BCUT2D eigenvalue weighted by Gasteiger charge is 2.30. The fourth-order valence-corrected chi connectivity index (χ4v) is 2.82. The maximum Gasteiger partial charge on any atom is 0.320 e. The molecule has 0 aliphatic carbocycles. The molecule has 98 valence electrons. The summed E-state index contributed by atoms with van der Waals surface area (Å²) < 4.78 is 0. The molecule has 2 fully saturated rings. The number of carbonyl (C=O) groups is 1. The van der Waals surface area contributed by atoms with Crippen molar-refractivity contribution in [1.82, 2.24) is 9.80 Å². The third-order valence-corrected chi connectivity index (χ3v) is 4.15. The molecular weight excluding hydrogens is 216 g/mol. The van der Waals surface area contributed by atoms with Gasteiger partial charge in [0.15, 0.2) is 0 Å². The minimum Gasteiger partial charge on any atom is -0.396 e. The number of amides is 2. The maximum atomic E-state index is 12.2. The Bertz CT molecular complexity index is 262. The van der Waals surface area contributed by atoms with Crippen LogP contribution >= 0.6 is 0 Å². The number of urea groups is 1. The summed E-state index contributed by atoms with van der Waals surface area (Å²) in [5.41, 5.74) is 0. The summed E-state index contributed by atoms with van der Waals surface area (Å²) in [7, 11) is 0. The summed E-state index contributed by atoms with van der Waals surface area (Å²) in [6.07, 6.45) is 4.16. The molecule has 2 saturated heterocycles. The molecule has 0 bridgehead atoms. The van der Waals surface area contributed by atoms with Crippen molar-refractivity contribution in [2.75, 3.05) is 32.8 Å². The molecule has 2 aliphatic heterocycles. The topological polar surface area (TPSA) is 43.8 Å². The highest BCUT2D eigenvalue weighted by atomic mass is 16.3. The van der Waals surface area contributed by atoms with E-state index in [1.807, 2.05) is 9.80 Å². The first-order valence-electron chi connectivity index (χ1n) is 6.85. The van der Waals surface area contributed by atoms with E-state index in [-0.39, 0.29) is 12.6 Å². The summed E-state index contributed by atoms with van der Waals surface area (Å²) in [5.74, 6) is 1.27. The first-order valence-corrected chi connectivity index (χ1v) is 6.85. The predicted molar refractivity (Wildman–Crippen MR) is 66.7 cm³/mol. The largest absolute Gasteiger partial charge is 0.396 e. The number of carbonyl (C=O) groups excluding carboxylic acids is 1. The van der Waals surface area contributed by atoms with E-state index in [2.05, 4.69) is 6.92 Å². The van der Waals surface area contributed by atoms with Crippen LogP contribution in [0.4, 0.5) is 4.79 Å². The maximum absolute atomic E-state index is 12.2. The van der Waals surface area contributed by atoms with Crippen LogP contribution in [0.2, 0.25) is 0 Å². The smallest absolute Gasteiger partial charge is 0.320 e. The highest BCUT2D eigenvalue weighted by molar-refractivity contribution is 5.74. The molecule has 1 atom stereocenters. The van der Waals surface area contributed by atoms with Gasteiger partial charge in [0.2, 0.25) is 0 Å². The van der Waals surface area contributed by atoms with E-state index in [0.717, 1.165) is 57.8 Å². The van der Waals surface area contributed by atoms with E-state index in [0.29, 0.717) is 5.92 Å². The van der Waals surface area contributed by atoms with Gasteiger partial charge in [0.05, 0.1) is 0 Å². The Morgan fingerprint density at radius 3 is 2.47 bits per heavy atom. The molecule has 1 unspecified atom stereocenters. The lowest BCUT2D eigenvalue weighted by Gasteiger charge is -2.33. The minimum absolute atomic E-state index is 0.220. The number of nitrogens with zero attached hydrogens (tertiary/aromatic N) is 2. The average Bonchev–Trinajstić information content (AvgIpc) is 2.78. The quantitative estimate of drug-likeness (QED) is 0.795.